The molecule has 2 aromatic carbocycles. The fraction of sp³-hybridized carbons (Fsp3) is 0.533. The molecule has 2 N–H and O–H groups in total. The van der Waals surface area contributed by atoms with Crippen LogP contribution in [0.2, 0.25) is 0 Å². The Labute approximate surface area is 216 Å². The molecule has 1 fully saturated rings. The molecule has 1 saturated heterocycles. The summed E-state index contributed by atoms with van der Waals surface area (Å²) in [5.41, 5.74) is 8.02. The number of carbonyl (C=O) groups is 2. The number of hydrogen-bond donors (Lipinski definition) is 1. The lowest BCUT2D eigenvalue weighted by molar-refractivity contribution is -0.145. The van der Waals surface area contributed by atoms with Crippen molar-refractivity contribution in [2.45, 2.75) is 70.9 Å². The van der Waals surface area contributed by atoms with Gasteiger partial charge in [0, 0.05) is 6.54 Å². The lowest BCUT2D eigenvalue weighted by Crippen LogP contribution is -2.53. The van der Waals surface area contributed by atoms with E-state index in [1.54, 1.807) is 12.0 Å². The Balaban J connectivity index is 1.95. The molecule has 3 rings (SSSR count). The van der Waals surface area contributed by atoms with Crippen LogP contribution in [0.4, 0.5) is 0 Å². The summed E-state index contributed by atoms with van der Waals surface area (Å²) in [6.07, 6.45) is 6.93. The minimum absolute atomic E-state index is 0.0358. The summed E-state index contributed by atoms with van der Waals surface area (Å²) in [5.74, 6) is 0.485. The first-order valence-electron chi connectivity index (χ1n) is 13.4. The molecule has 0 aromatic heterocycles. The van der Waals surface area contributed by atoms with Crippen LogP contribution in [-0.2, 0) is 16.0 Å². The molecular formula is C30H43N3O3. The van der Waals surface area contributed by atoms with Crippen molar-refractivity contribution in [3.63, 3.8) is 0 Å². The van der Waals surface area contributed by atoms with Crippen LogP contribution < -0.4 is 10.5 Å². The van der Waals surface area contributed by atoms with Crippen molar-refractivity contribution in [2.24, 2.45) is 11.7 Å². The number of nitrogens with zero attached hydrogens (tertiary/aromatic N) is 2. The molecule has 6 heteroatoms. The number of benzene rings is 2. The number of likely N-dealkylation sites (tertiary alicyclic amines) is 1. The highest BCUT2D eigenvalue weighted by Gasteiger charge is 2.36. The molecule has 2 aromatic rings. The quantitative estimate of drug-likeness (QED) is 0.479. The normalized spacial score (nSPS) is 16.6. The van der Waals surface area contributed by atoms with Crippen molar-refractivity contribution in [1.29, 1.82) is 0 Å². The van der Waals surface area contributed by atoms with E-state index in [0.29, 0.717) is 19.4 Å². The van der Waals surface area contributed by atoms with Gasteiger partial charge in [0.05, 0.1) is 7.11 Å². The Bertz CT molecular complexity index is 938. The summed E-state index contributed by atoms with van der Waals surface area (Å²) in [5, 5.41) is 0. The van der Waals surface area contributed by atoms with Gasteiger partial charge in [-0.3, -0.25) is 14.5 Å². The molecule has 1 heterocycles. The van der Waals surface area contributed by atoms with Gasteiger partial charge in [0.25, 0.3) is 0 Å². The molecule has 2 amide bonds. The molecule has 1 aliphatic rings. The van der Waals surface area contributed by atoms with E-state index in [0.717, 1.165) is 42.8 Å². The van der Waals surface area contributed by atoms with Crippen LogP contribution in [0.25, 0.3) is 0 Å². The minimum atomic E-state index is -0.657. The molecule has 0 spiro atoms. The number of primary amides is 1. The lowest BCUT2D eigenvalue weighted by atomic mass is 9.97. The zero-order valence-corrected chi connectivity index (χ0v) is 22.2. The smallest absolute Gasteiger partial charge is 0.245 e. The van der Waals surface area contributed by atoms with Crippen LogP contribution in [0.1, 0.15) is 69.5 Å². The van der Waals surface area contributed by atoms with Crippen LogP contribution in [0.3, 0.4) is 0 Å². The Hall–Kier alpha value is -2.86. The molecule has 36 heavy (non-hydrogen) atoms. The number of hydrogen-bond acceptors (Lipinski definition) is 4. The standard InChI is InChI=1S/C30H43N3O3/c1-23(2)22-33(27(29(31)34)19-14-24-12-8-7-9-13-24)30(35)28(25-15-17-26(36-3)18-16-25)32-20-10-5-4-6-11-21-32/h7-9,12-13,15-18,23,27-28H,4-6,10-11,14,19-22H2,1-3H3,(H2,31,34). The van der Waals surface area contributed by atoms with E-state index in [9.17, 15) is 9.59 Å². The molecule has 0 aliphatic carbocycles. The summed E-state index contributed by atoms with van der Waals surface area (Å²) < 4.78 is 5.37. The third-order valence-electron chi connectivity index (χ3n) is 7.02. The summed E-state index contributed by atoms with van der Waals surface area (Å²) in [6, 6.07) is 16.7. The fourth-order valence-corrected chi connectivity index (χ4v) is 5.15. The zero-order valence-electron chi connectivity index (χ0n) is 22.2. The zero-order chi connectivity index (χ0) is 25.9. The van der Waals surface area contributed by atoms with Crippen molar-refractivity contribution < 1.29 is 14.3 Å². The number of aryl methyl sites for hydroxylation is 1. The summed E-state index contributed by atoms with van der Waals surface area (Å²) in [6.45, 7) is 6.37. The predicted molar refractivity (Wildman–Crippen MR) is 145 cm³/mol. The Kier molecular flexibility index (Phi) is 10.8. The summed E-state index contributed by atoms with van der Waals surface area (Å²) in [4.78, 5) is 31.3. The van der Waals surface area contributed by atoms with Crippen LogP contribution in [0, 0.1) is 5.92 Å². The maximum atomic E-state index is 14.4. The highest BCUT2D eigenvalue weighted by Crippen LogP contribution is 2.29. The number of nitrogens with two attached hydrogens (primary N) is 1. The molecule has 6 nitrogen and oxygen atoms in total. The average Bonchev–Trinajstić information content (AvgIpc) is 2.85. The van der Waals surface area contributed by atoms with Crippen LogP contribution in [0.5, 0.6) is 5.75 Å². The van der Waals surface area contributed by atoms with Crippen LogP contribution >= 0.6 is 0 Å². The Morgan fingerprint density at radius 3 is 2.11 bits per heavy atom. The number of methoxy groups -OCH3 is 1. The largest absolute Gasteiger partial charge is 0.497 e. The average molecular weight is 494 g/mol. The topological polar surface area (TPSA) is 75.9 Å². The second-order valence-corrected chi connectivity index (χ2v) is 10.3. The minimum Gasteiger partial charge on any atom is -0.497 e. The van der Waals surface area contributed by atoms with Crippen molar-refractivity contribution in [3.05, 3.63) is 65.7 Å². The van der Waals surface area contributed by atoms with E-state index in [1.807, 2.05) is 54.6 Å². The van der Waals surface area contributed by atoms with Gasteiger partial charge < -0.3 is 15.4 Å². The van der Waals surface area contributed by atoms with Gasteiger partial charge >= 0.3 is 0 Å². The second-order valence-electron chi connectivity index (χ2n) is 10.3. The third-order valence-corrected chi connectivity index (χ3v) is 7.02. The van der Waals surface area contributed by atoms with E-state index >= 15 is 0 Å². The first-order valence-corrected chi connectivity index (χ1v) is 13.4. The Morgan fingerprint density at radius 1 is 0.944 bits per heavy atom. The van der Waals surface area contributed by atoms with Gasteiger partial charge in [-0.1, -0.05) is 75.6 Å². The van der Waals surface area contributed by atoms with Gasteiger partial charge in [-0.15, -0.1) is 0 Å². The summed E-state index contributed by atoms with van der Waals surface area (Å²) >= 11 is 0. The highest BCUT2D eigenvalue weighted by atomic mass is 16.5. The predicted octanol–water partition coefficient (Wildman–Crippen LogP) is 4.97. The maximum absolute atomic E-state index is 14.4. The number of amides is 2. The summed E-state index contributed by atoms with van der Waals surface area (Å²) in [7, 11) is 1.64. The van der Waals surface area contributed by atoms with Gasteiger partial charge in [-0.25, -0.2) is 0 Å². The highest BCUT2D eigenvalue weighted by molar-refractivity contribution is 5.90. The van der Waals surface area contributed by atoms with Gasteiger partial charge in [0.2, 0.25) is 11.8 Å². The van der Waals surface area contributed by atoms with Gasteiger partial charge in [-0.05, 0) is 68.0 Å². The van der Waals surface area contributed by atoms with Gasteiger partial charge in [-0.2, -0.15) is 0 Å². The molecule has 0 bridgehead atoms. The first-order chi connectivity index (χ1) is 17.4. The molecule has 1 aliphatic heterocycles. The lowest BCUT2D eigenvalue weighted by Gasteiger charge is -2.39. The second kappa shape index (κ2) is 14.0. The van der Waals surface area contributed by atoms with Crippen molar-refractivity contribution in [3.8, 4) is 5.75 Å². The SMILES string of the molecule is COc1ccc(C(C(=O)N(CC(C)C)C(CCc2ccccc2)C(N)=O)N2CCCCCCC2)cc1. The molecule has 0 radical (unpaired) electrons. The van der Waals surface area contributed by atoms with E-state index in [4.69, 9.17) is 10.5 Å². The Morgan fingerprint density at radius 2 is 1.56 bits per heavy atom. The van der Waals surface area contributed by atoms with Gasteiger partial charge in [0.1, 0.15) is 17.8 Å². The van der Waals surface area contributed by atoms with E-state index in [-0.39, 0.29) is 11.8 Å². The van der Waals surface area contributed by atoms with Crippen molar-refractivity contribution >= 4 is 11.8 Å². The fourth-order valence-electron chi connectivity index (χ4n) is 5.15. The number of carbonyl (C=O) groups excluding carboxylic acids is 2. The van der Waals surface area contributed by atoms with Gasteiger partial charge in [0.15, 0.2) is 0 Å². The maximum Gasteiger partial charge on any atom is 0.245 e. The van der Waals surface area contributed by atoms with Crippen molar-refractivity contribution in [1.82, 2.24) is 9.80 Å². The molecule has 2 atom stereocenters. The molecule has 2 unspecified atom stereocenters. The molecule has 196 valence electrons. The van der Waals surface area contributed by atoms with Crippen molar-refractivity contribution in [2.75, 3.05) is 26.7 Å². The monoisotopic (exact) mass is 493 g/mol. The number of ether oxygens (including phenoxy) is 1. The number of rotatable bonds is 11. The van der Waals surface area contributed by atoms with E-state index in [1.165, 1.54) is 19.3 Å². The first kappa shape index (κ1) is 27.7. The van der Waals surface area contributed by atoms with E-state index < -0.39 is 18.0 Å². The molecule has 0 saturated carbocycles. The van der Waals surface area contributed by atoms with Crippen LogP contribution in [0.15, 0.2) is 54.6 Å². The van der Waals surface area contributed by atoms with Crippen LogP contribution in [-0.4, -0.2) is 54.4 Å². The third kappa shape index (κ3) is 7.82. The molecular weight excluding hydrogens is 450 g/mol. The van der Waals surface area contributed by atoms with E-state index in [2.05, 4.69) is 18.7 Å².